The van der Waals surface area contributed by atoms with Crippen molar-refractivity contribution in [3.8, 4) is 6.07 Å². The molecule has 0 bridgehead atoms. The Hall–Kier alpha value is -1.64. The van der Waals surface area contributed by atoms with Crippen LogP contribution in [-0.4, -0.2) is 14.9 Å². The largest absolute Gasteiger partial charge is 0.385 e. The van der Waals surface area contributed by atoms with Crippen LogP contribution < -0.4 is 0 Å². The normalized spacial score (nSPS) is 13.7. The highest BCUT2D eigenvalue weighted by atomic mass is 79.9. The molecule has 1 heterocycles. The lowest BCUT2D eigenvalue weighted by atomic mass is 9.90. The van der Waals surface area contributed by atoms with Crippen LogP contribution >= 0.6 is 15.9 Å². The van der Waals surface area contributed by atoms with Gasteiger partial charge < -0.3 is 5.11 Å². The number of nitriles is 1. The quantitative estimate of drug-likeness (QED) is 0.922. The summed E-state index contributed by atoms with van der Waals surface area (Å²) in [6.45, 7) is 6.50. The second-order valence-corrected chi connectivity index (χ2v) is 6.09. The van der Waals surface area contributed by atoms with Crippen molar-refractivity contribution in [2.75, 3.05) is 0 Å². The first-order valence-electron chi connectivity index (χ1n) is 6.84. The number of aryl methyl sites for hydroxylation is 2. The molecule has 0 fully saturated rings. The molecule has 2 aromatic rings. The predicted molar refractivity (Wildman–Crippen MR) is 84.8 cm³/mol. The van der Waals surface area contributed by atoms with Gasteiger partial charge in [0.15, 0.2) is 0 Å². The summed E-state index contributed by atoms with van der Waals surface area (Å²) in [7, 11) is 0. The Kier molecular flexibility index (Phi) is 4.50. The number of aliphatic hydroxyl groups is 1. The highest BCUT2D eigenvalue weighted by Gasteiger charge is 2.27. The molecule has 2 rings (SSSR count). The number of aromatic nitrogens is 2. The Balaban J connectivity index is 2.34. The van der Waals surface area contributed by atoms with Crippen molar-refractivity contribution in [1.29, 1.82) is 5.26 Å². The van der Waals surface area contributed by atoms with Gasteiger partial charge in [0.1, 0.15) is 0 Å². The molecule has 0 spiro atoms. The molecule has 0 amide bonds. The molecule has 1 atom stereocenters. The van der Waals surface area contributed by atoms with E-state index in [4.69, 9.17) is 5.26 Å². The lowest BCUT2D eigenvalue weighted by molar-refractivity contribution is 0.0552. The summed E-state index contributed by atoms with van der Waals surface area (Å²) < 4.78 is 2.84. The van der Waals surface area contributed by atoms with Gasteiger partial charge in [-0.15, -0.1) is 0 Å². The average Bonchev–Trinajstić information content (AvgIpc) is 2.74. The molecule has 110 valence electrons. The fourth-order valence-corrected chi connectivity index (χ4v) is 2.79. The number of benzene rings is 1. The molecule has 5 heteroatoms. The van der Waals surface area contributed by atoms with Gasteiger partial charge >= 0.3 is 0 Å². The molecule has 1 N–H and O–H groups in total. The van der Waals surface area contributed by atoms with Crippen LogP contribution in [0.15, 0.2) is 28.7 Å². The van der Waals surface area contributed by atoms with Crippen molar-refractivity contribution in [3.05, 3.63) is 51.3 Å². The number of nitrogens with zero attached hydrogens (tertiary/aromatic N) is 3. The van der Waals surface area contributed by atoms with E-state index < -0.39 is 5.60 Å². The average molecular weight is 348 g/mol. The van der Waals surface area contributed by atoms with E-state index in [1.807, 2.05) is 18.5 Å². The second-order valence-electron chi connectivity index (χ2n) is 5.30. The van der Waals surface area contributed by atoms with E-state index in [1.54, 1.807) is 31.2 Å². The summed E-state index contributed by atoms with van der Waals surface area (Å²) in [6.07, 6.45) is 0.453. The topological polar surface area (TPSA) is 61.8 Å². The van der Waals surface area contributed by atoms with Crippen LogP contribution in [0.2, 0.25) is 0 Å². The Bertz CT molecular complexity index is 681. The Morgan fingerprint density at radius 3 is 2.52 bits per heavy atom. The molecule has 1 unspecified atom stereocenters. The fraction of sp³-hybridized carbons (Fsp3) is 0.375. The zero-order valence-electron chi connectivity index (χ0n) is 12.4. The summed E-state index contributed by atoms with van der Waals surface area (Å²) in [6, 6.07) is 9.12. The summed E-state index contributed by atoms with van der Waals surface area (Å²) in [4.78, 5) is 0. The third-order valence-electron chi connectivity index (χ3n) is 3.60. The molecule has 0 saturated heterocycles. The van der Waals surface area contributed by atoms with Crippen molar-refractivity contribution in [3.63, 3.8) is 0 Å². The van der Waals surface area contributed by atoms with Crippen LogP contribution in [-0.2, 0) is 18.6 Å². The summed E-state index contributed by atoms with van der Waals surface area (Å²) in [5.74, 6) is 0. The maximum atomic E-state index is 10.8. The number of hydrogen-bond donors (Lipinski definition) is 1. The Morgan fingerprint density at radius 1 is 1.38 bits per heavy atom. The minimum absolute atomic E-state index is 0.453. The summed E-state index contributed by atoms with van der Waals surface area (Å²) in [5, 5.41) is 24.1. The lowest BCUT2D eigenvalue weighted by Gasteiger charge is -2.24. The first kappa shape index (κ1) is 15.7. The van der Waals surface area contributed by atoms with Crippen LogP contribution in [0.4, 0.5) is 0 Å². The number of rotatable bonds is 4. The predicted octanol–water partition coefficient (Wildman–Crippen LogP) is 3.30. The summed E-state index contributed by atoms with van der Waals surface area (Å²) >= 11 is 3.55. The van der Waals surface area contributed by atoms with E-state index in [0.717, 1.165) is 28.0 Å². The monoisotopic (exact) mass is 347 g/mol. The minimum Gasteiger partial charge on any atom is -0.385 e. The van der Waals surface area contributed by atoms with Crippen molar-refractivity contribution in [2.24, 2.45) is 0 Å². The molecule has 4 nitrogen and oxygen atoms in total. The highest BCUT2D eigenvalue weighted by Crippen LogP contribution is 2.30. The van der Waals surface area contributed by atoms with Gasteiger partial charge in [0.25, 0.3) is 0 Å². The van der Waals surface area contributed by atoms with E-state index in [-0.39, 0.29) is 0 Å². The van der Waals surface area contributed by atoms with E-state index in [0.29, 0.717) is 12.0 Å². The first-order chi connectivity index (χ1) is 9.89. The standard InChI is InChI=1S/C16H18BrN3O/c1-4-20-14(15(17)11(2)19-20)9-16(3,21)13-7-5-12(10-18)6-8-13/h5-8,21H,4,9H2,1-3H3. The Labute approximate surface area is 133 Å². The van der Waals surface area contributed by atoms with E-state index in [2.05, 4.69) is 27.1 Å². The molecule has 0 radical (unpaired) electrons. The zero-order chi connectivity index (χ0) is 15.6. The maximum Gasteiger partial charge on any atom is 0.0991 e. The molecular formula is C16H18BrN3O. The molecule has 21 heavy (non-hydrogen) atoms. The van der Waals surface area contributed by atoms with Crippen LogP contribution in [0.3, 0.4) is 0 Å². The van der Waals surface area contributed by atoms with Crippen molar-refractivity contribution in [2.45, 2.75) is 39.3 Å². The van der Waals surface area contributed by atoms with Gasteiger partial charge in [-0.1, -0.05) is 12.1 Å². The first-order valence-corrected chi connectivity index (χ1v) is 7.63. The van der Waals surface area contributed by atoms with Gasteiger partial charge in [0, 0.05) is 13.0 Å². The van der Waals surface area contributed by atoms with Crippen LogP contribution in [0.25, 0.3) is 0 Å². The fourth-order valence-electron chi connectivity index (χ4n) is 2.37. The van der Waals surface area contributed by atoms with Crippen LogP contribution in [0, 0.1) is 18.3 Å². The Morgan fingerprint density at radius 2 is 2.00 bits per heavy atom. The van der Waals surface area contributed by atoms with E-state index in [9.17, 15) is 5.11 Å². The summed E-state index contributed by atoms with van der Waals surface area (Å²) in [5.41, 5.74) is 2.25. The molecular weight excluding hydrogens is 330 g/mol. The highest BCUT2D eigenvalue weighted by molar-refractivity contribution is 9.10. The third-order valence-corrected chi connectivity index (χ3v) is 4.63. The molecule has 0 aliphatic heterocycles. The lowest BCUT2D eigenvalue weighted by Crippen LogP contribution is -2.26. The SMILES string of the molecule is CCn1nc(C)c(Br)c1CC(C)(O)c1ccc(C#N)cc1. The molecule has 0 aliphatic carbocycles. The van der Waals surface area contributed by atoms with Gasteiger partial charge in [-0.3, -0.25) is 4.68 Å². The number of halogens is 1. The van der Waals surface area contributed by atoms with E-state index >= 15 is 0 Å². The van der Waals surface area contributed by atoms with Gasteiger partial charge in [-0.05, 0) is 54.4 Å². The van der Waals surface area contributed by atoms with Crippen LogP contribution in [0.5, 0.6) is 0 Å². The maximum absolute atomic E-state index is 10.8. The van der Waals surface area contributed by atoms with Gasteiger partial charge in [0.2, 0.25) is 0 Å². The van der Waals surface area contributed by atoms with Gasteiger partial charge in [-0.2, -0.15) is 10.4 Å². The third kappa shape index (κ3) is 3.17. The smallest absolute Gasteiger partial charge is 0.0991 e. The van der Waals surface area contributed by atoms with Gasteiger partial charge in [0.05, 0.1) is 33.1 Å². The van der Waals surface area contributed by atoms with Gasteiger partial charge in [-0.25, -0.2) is 0 Å². The van der Waals surface area contributed by atoms with E-state index in [1.165, 1.54) is 0 Å². The number of hydrogen-bond acceptors (Lipinski definition) is 3. The zero-order valence-corrected chi connectivity index (χ0v) is 14.0. The van der Waals surface area contributed by atoms with Crippen LogP contribution in [0.1, 0.15) is 36.4 Å². The molecule has 0 aliphatic rings. The molecule has 1 aromatic carbocycles. The molecule has 0 saturated carbocycles. The van der Waals surface area contributed by atoms with Crippen molar-refractivity contribution >= 4 is 15.9 Å². The molecule has 1 aromatic heterocycles. The van der Waals surface area contributed by atoms with Crippen molar-refractivity contribution < 1.29 is 5.11 Å². The minimum atomic E-state index is -1.02. The van der Waals surface area contributed by atoms with Crippen molar-refractivity contribution in [1.82, 2.24) is 9.78 Å². The second kappa shape index (κ2) is 6.00.